The molecule has 10 rings (SSSR count). The third kappa shape index (κ3) is 9.73. The minimum Gasteiger partial charge on any atom is -0.478 e. The van der Waals surface area contributed by atoms with Crippen LogP contribution in [0.4, 0.5) is 20.4 Å². The van der Waals surface area contributed by atoms with Gasteiger partial charge in [-0.2, -0.15) is 0 Å². The number of pyridine rings is 2. The van der Waals surface area contributed by atoms with Gasteiger partial charge in [-0.15, -0.1) is 0 Å². The summed E-state index contributed by atoms with van der Waals surface area (Å²) in [4.78, 5) is 73.9. The maximum atomic E-state index is 13.5. The molecule has 14 nitrogen and oxygen atoms in total. The number of ketones is 1. The lowest BCUT2D eigenvalue weighted by Crippen LogP contribution is -2.60. The van der Waals surface area contributed by atoms with Crippen LogP contribution in [-0.2, 0) is 16.7 Å². The van der Waals surface area contributed by atoms with Crippen LogP contribution in [0.2, 0.25) is 10.0 Å². The van der Waals surface area contributed by atoms with Gasteiger partial charge in [-0.3, -0.25) is 14.4 Å². The van der Waals surface area contributed by atoms with Gasteiger partial charge < -0.3 is 35.8 Å². The lowest BCUT2D eigenvalue weighted by atomic mass is 9.86. The van der Waals surface area contributed by atoms with Crippen molar-refractivity contribution in [2.45, 2.75) is 42.4 Å². The van der Waals surface area contributed by atoms with Crippen molar-refractivity contribution in [3.63, 3.8) is 0 Å². The molecule has 4 aliphatic rings. The second kappa shape index (κ2) is 18.3. The average molecular weight is 976 g/mol. The molecule has 0 unspecified atom stereocenters. The highest BCUT2D eigenvalue weighted by Gasteiger charge is 2.49. The lowest BCUT2D eigenvalue weighted by molar-refractivity contribution is 0.00685. The fraction of sp³-hybridized carbons (Fsp3) is 0.235. The van der Waals surface area contributed by atoms with E-state index in [2.05, 4.69) is 20.6 Å². The van der Waals surface area contributed by atoms with Gasteiger partial charge in [-0.1, -0.05) is 71.7 Å². The molecule has 0 radical (unpaired) electrons. The molecule has 2 saturated heterocycles. The monoisotopic (exact) mass is 974 g/mol. The molecule has 0 bridgehead atoms. The number of amides is 2. The summed E-state index contributed by atoms with van der Waals surface area (Å²) < 4.78 is 26.7. The molecule has 2 amide bonds. The van der Waals surface area contributed by atoms with E-state index in [-0.39, 0.29) is 59.1 Å². The molecule has 0 atom stereocenters. The normalized spacial score (nSPS) is 16.9. The standard InChI is InChI=1S/C26H21ClFN3O4.C25H21ClFN3O4/c27-19-11-21(24(33)30-26(8-9-26)18-6-4-15(5-7-18)25(34)35)23(29-12-19)31-13-17(14-31)22(32)16-2-1-3-20(28)10-16;26-18-11-20(22(31)29-24(9-10-24)16-3-1-15(2-4-16)23(32)33)21(28-12-18)30-13-25(34,14-30)17-5-7-19(27)8-6-17/h1-7,10-12,17H,8-9,13-14H2,(H,30,33)(H,34,35);1-8,11-12,34H,9-10,13-14H2,(H,29,31)(H,32,33). The third-order valence-electron chi connectivity index (χ3n) is 13.0. The molecule has 0 spiro atoms. The van der Waals surface area contributed by atoms with Crippen molar-refractivity contribution in [3.05, 3.63) is 188 Å². The van der Waals surface area contributed by atoms with Crippen LogP contribution in [0.1, 0.15) is 94.2 Å². The fourth-order valence-electron chi connectivity index (χ4n) is 8.73. The van der Waals surface area contributed by atoms with Crippen molar-refractivity contribution >= 4 is 64.4 Å². The first-order valence-corrected chi connectivity index (χ1v) is 22.6. The highest BCUT2D eigenvalue weighted by atomic mass is 35.5. The van der Waals surface area contributed by atoms with Gasteiger partial charge >= 0.3 is 11.9 Å². The Labute approximate surface area is 403 Å². The Hall–Kier alpha value is -7.27. The quantitative estimate of drug-likeness (QED) is 0.0699. The van der Waals surface area contributed by atoms with Gasteiger partial charge in [-0.05, 0) is 103 Å². The maximum absolute atomic E-state index is 13.5. The number of rotatable bonds is 13. The number of aromatic carboxylic acids is 2. The number of nitrogens with one attached hydrogen (secondary N) is 2. The molecule has 2 aromatic heterocycles. The predicted molar refractivity (Wildman–Crippen MR) is 251 cm³/mol. The van der Waals surface area contributed by atoms with Crippen molar-refractivity contribution in [2.75, 3.05) is 36.0 Å². The Morgan fingerprint density at radius 3 is 1.46 bits per heavy atom. The Bertz CT molecular complexity index is 3010. The molecular weight excluding hydrogens is 933 g/mol. The Kier molecular flexibility index (Phi) is 12.4. The van der Waals surface area contributed by atoms with Crippen molar-refractivity contribution in [1.82, 2.24) is 20.6 Å². The number of hydrogen-bond donors (Lipinski definition) is 5. The number of halogens is 4. The molecular formula is C51H42Cl2F2N6O8. The molecule has 2 aliphatic carbocycles. The van der Waals surface area contributed by atoms with Gasteiger partial charge in [-0.25, -0.2) is 28.3 Å². The topological polar surface area (TPSA) is 202 Å². The van der Waals surface area contributed by atoms with Crippen LogP contribution < -0.4 is 20.4 Å². The minimum absolute atomic E-state index is 0.151. The predicted octanol–water partition coefficient (Wildman–Crippen LogP) is 8.01. The smallest absolute Gasteiger partial charge is 0.335 e. The zero-order valence-electron chi connectivity index (χ0n) is 36.5. The summed E-state index contributed by atoms with van der Waals surface area (Å²) in [5.41, 5.74) is 1.19. The summed E-state index contributed by atoms with van der Waals surface area (Å²) in [5.74, 6) is -3.23. The van der Waals surface area contributed by atoms with E-state index in [1.165, 1.54) is 73.1 Å². The number of anilines is 2. The van der Waals surface area contributed by atoms with E-state index in [1.807, 2.05) is 4.90 Å². The van der Waals surface area contributed by atoms with Crippen LogP contribution >= 0.6 is 23.2 Å². The van der Waals surface area contributed by atoms with Crippen molar-refractivity contribution < 1.29 is 48.1 Å². The number of benzene rings is 4. The van der Waals surface area contributed by atoms with E-state index < -0.39 is 34.4 Å². The van der Waals surface area contributed by atoms with Gasteiger partial charge in [0, 0.05) is 31.0 Å². The Morgan fingerprint density at radius 2 is 1.03 bits per heavy atom. The number of hydrogen-bond acceptors (Lipinski definition) is 10. The van der Waals surface area contributed by atoms with Crippen LogP contribution in [0.3, 0.4) is 0 Å². The zero-order valence-corrected chi connectivity index (χ0v) is 38.0. The molecule has 4 aromatic carbocycles. The van der Waals surface area contributed by atoms with Crippen molar-refractivity contribution in [1.29, 1.82) is 0 Å². The second-order valence-corrected chi connectivity index (χ2v) is 18.6. The van der Waals surface area contributed by atoms with Gasteiger partial charge in [0.2, 0.25) is 0 Å². The number of aromatic nitrogens is 2. The molecule has 2 saturated carbocycles. The van der Waals surface area contributed by atoms with E-state index in [0.717, 1.165) is 36.8 Å². The van der Waals surface area contributed by atoms with Crippen LogP contribution in [0.25, 0.3) is 0 Å². The number of carbonyl (C=O) groups excluding carboxylic acids is 3. The van der Waals surface area contributed by atoms with Gasteiger partial charge in [0.15, 0.2) is 5.78 Å². The Morgan fingerprint density at radius 1 is 0.580 bits per heavy atom. The summed E-state index contributed by atoms with van der Waals surface area (Å²) in [6, 6.07) is 27.3. The van der Waals surface area contributed by atoms with Gasteiger partial charge in [0.1, 0.15) is 28.9 Å². The molecule has 352 valence electrons. The molecule has 4 heterocycles. The SMILES string of the molecule is O=C(O)c1ccc(C2(NC(=O)c3cc(Cl)cnc3N3CC(C(=O)c4cccc(F)c4)C3)CC2)cc1.O=C(O)c1ccc(C2(NC(=O)c3cc(Cl)cnc3N3CC(O)(c4ccc(F)cc4)C3)CC2)cc1. The zero-order chi connectivity index (χ0) is 48.8. The van der Waals surface area contributed by atoms with Gasteiger partial charge in [0.05, 0.1) is 62.4 Å². The van der Waals surface area contributed by atoms with E-state index in [1.54, 1.807) is 53.4 Å². The number of carboxylic acids is 2. The Balaban J connectivity index is 0.000000172. The number of carboxylic acid groups (broad SMARTS) is 2. The summed E-state index contributed by atoms with van der Waals surface area (Å²) in [6.07, 6.45) is 5.79. The number of nitrogens with zero attached hydrogens (tertiary/aromatic N) is 4. The van der Waals surface area contributed by atoms with Gasteiger partial charge in [0.25, 0.3) is 11.8 Å². The molecule has 2 aliphatic heterocycles. The van der Waals surface area contributed by atoms with E-state index in [0.29, 0.717) is 51.5 Å². The molecule has 18 heteroatoms. The summed E-state index contributed by atoms with van der Waals surface area (Å²) in [6.45, 7) is 1.09. The first-order chi connectivity index (χ1) is 32.9. The van der Waals surface area contributed by atoms with Crippen molar-refractivity contribution in [3.8, 4) is 0 Å². The lowest BCUT2D eigenvalue weighted by Gasteiger charge is -2.47. The van der Waals surface area contributed by atoms with Crippen LogP contribution in [0, 0.1) is 17.6 Å². The summed E-state index contributed by atoms with van der Waals surface area (Å²) in [7, 11) is 0. The van der Waals surface area contributed by atoms with Crippen molar-refractivity contribution in [2.24, 2.45) is 5.92 Å². The van der Waals surface area contributed by atoms with Crippen LogP contribution in [0.15, 0.2) is 122 Å². The maximum Gasteiger partial charge on any atom is 0.335 e. The minimum atomic E-state index is -1.17. The molecule has 69 heavy (non-hydrogen) atoms. The second-order valence-electron chi connectivity index (χ2n) is 17.8. The van der Waals surface area contributed by atoms with E-state index in [4.69, 9.17) is 33.4 Å². The largest absolute Gasteiger partial charge is 0.478 e. The first kappa shape index (κ1) is 46.8. The first-order valence-electron chi connectivity index (χ1n) is 21.9. The molecule has 6 aromatic rings. The number of aliphatic hydroxyl groups is 1. The average Bonchev–Trinajstić information content (AvgIpc) is 4.26. The third-order valence-corrected chi connectivity index (χ3v) is 13.4. The van der Waals surface area contributed by atoms with E-state index >= 15 is 0 Å². The number of carbonyl (C=O) groups is 5. The highest BCUT2D eigenvalue weighted by Crippen LogP contribution is 2.47. The van der Waals surface area contributed by atoms with E-state index in [9.17, 15) is 37.9 Å². The highest BCUT2D eigenvalue weighted by molar-refractivity contribution is 6.31. The van der Waals surface area contributed by atoms with Crippen LogP contribution in [-0.4, -0.2) is 81.0 Å². The fourth-order valence-corrected chi connectivity index (χ4v) is 9.05. The number of Topliss-reactive ketones (excluding diaryl/α,β-unsaturated/α-hetero) is 1. The molecule has 5 N–H and O–H groups in total. The molecule has 4 fully saturated rings. The summed E-state index contributed by atoms with van der Waals surface area (Å²) >= 11 is 12.3. The van der Waals surface area contributed by atoms with Crippen LogP contribution in [0.5, 0.6) is 0 Å². The summed E-state index contributed by atoms with van der Waals surface area (Å²) in [5, 5.41) is 35.9. The number of β-amino-alcohol motifs (C(OH)–C–C–N with tert-alkyl or cyclic N) is 1.